The molecular formula is C12H8F5N3O. The minimum atomic E-state index is -2.32. The van der Waals surface area contributed by atoms with Gasteiger partial charge in [-0.3, -0.25) is 4.79 Å². The molecule has 2 rings (SSSR count). The van der Waals surface area contributed by atoms with E-state index < -0.39 is 40.4 Å². The Labute approximate surface area is 115 Å². The van der Waals surface area contributed by atoms with Gasteiger partial charge in [0.2, 0.25) is 11.6 Å². The fourth-order valence-electron chi connectivity index (χ4n) is 1.74. The molecule has 0 unspecified atom stereocenters. The number of benzene rings is 1. The average molecular weight is 305 g/mol. The lowest BCUT2D eigenvalue weighted by atomic mass is 10.1. The first-order valence-corrected chi connectivity index (χ1v) is 5.84. The number of aromatic nitrogens is 3. The summed E-state index contributed by atoms with van der Waals surface area (Å²) >= 11 is 0. The smallest absolute Gasteiger partial charge is 0.218 e. The highest BCUT2D eigenvalue weighted by Crippen LogP contribution is 2.25. The summed E-state index contributed by atoms with van der Waals surface area (Å²) < 4.78 is 67.3. The van der Waals surface area contributed by atoms with E-state index in [9.17, 15) is 26.7 Å². The van der Waals surface area contributed by atoms with E-state index in [1.807, 2.05) is 0 Å². The summed E-state index contributed by atoms with van der Waals surface area (Å²) in [7, 11) is 0. The number of rotatable bonds is 4. The maximum Gasteiger partial charge on any atom is 0.218 e. The minimum absolute atomic E-state index is 0.205. The molecule has 0 aliphatic heterocycles. The van der Waals surface area contributed by atoms with Crippen molar-refractivity contribution >= 4 is 5.78 Å². The van der Waals surface area contributed by atoms with Crippen LogP contribution in [0.25, 0.3) is 0 Å². The summed E-state index contributed by atoms with van der Waals surface area (Å²) in [6.07, 6.45) is 1.43. The highest BCUT2D eigenvalue weighted by atomic mass is 19.2. The molecule has 0 saturated heterocycles. The first-order chi connectivity index (χ1) is 9.90. The molecule has 0 aliphatic rings. The molecule has 1 heterocycles. The van der Waals surface area contributed by atoms with Crippen LogP contribution in [0.3, 0.4) is 0 Å². The Kier molecular flexibility index (Phi) is 4.01. The van der Waals surface area contributed by atoms with Crippen molar-refractivity contribution in [1.82, 2.24) is 15.0 Å². The van der Waals surface area contributed by atoms with Gasteiger partial charge in [0.15, 0.2) is 23.3 Å². The van der Waals surface area contributed by atoms with Gasteiger partial charge in [0, 0.05) is 6.54 Å². The van der Waals surface area contributed by atoms with Crippen molar-refractivity contribution in [3.8, 4) is 0 Å². The molecule has 0 atom stereocenters. The minimum Gasteiger partial charge on any atom is -0.287 e. The van der Waals surface area contributed by atoms with E-state index in [4.69, 9.17) is 0 Å². The number of ketones is 1. The maximum atomic E-state index is 13.6. The van der Waals surface area contributed by atoms with Crippen LogP contribution in [0.15, 0.2) is 6.20 Å². The molecule has 0 aliphatic carbocycles. The summed E-state index contributed by atoms with van der Waals surface area (Å²) in [4.78, 5) is 12.0. The van der Waals surface area contributed by atoms with Gasteiger partial charge in [0.25, 0.3) is 0 Å². The van der Waals surface area contributed by atoms with Crippen LogP contribution < -0.4 is 0 Å². The molecule has 9 heteroatoms. The second-order valence-corrected chi connectivity index (χ2v) is 4.12. The number of carbonyl (C=O) groups is 1. The van der Waals surface area contributed by atoms with Crippen LogP contribution in [0, 0.1) is 29.1 Å². The van der Waals surface area contributed by atoms with E-state index >= 15 is 0 Å². The third kappa shape index (κ3) is 2.39. The van der Waals surface area contributed by atoms with E-state index in [2.05, 4.69) is 10.3 Å². The third-order valence-corrected chi connectivity index (χ3v) is 2.72. The van der Waals surface area contributed by atoms with Crippen molar-refractivity contribution in [3.63, 3.8) is 0 Å². The van der Waals surface area contributed by atoms with Gasteiger partial charge in [-0.25, -0.2) is 26.6 Å². The van der Waals surface area contributed by atoms with Gasteiger partial charge in [-0.15, -0.1) is 5.10 Å². The first-order valence-electron chi connectivity index (χ1n) is 5.84. The quantitative estimate of drug-likeness (QED) is 0.377. The summed E-state index contributed by atoms with van der Waals surface area (Å²) in [5, 5.41) is 6.91. The molecule has 1 aromatic heterocycles. The van der Waals surface area contributed by atoms with Crippen LogP contribution >= 0.6 is 0 Å². The van der Waals surface area contributed by atoms with Crippen molar-refractivity contribution < 1.29 is 26.7 Å². The maximum absolute atomic E-state index is 13.6. The van der Waals surface area contributed by atoms with Crippen molar-refractivity contribution in [2.24, 2.45) is 0 Å². The highest BCUT2D eigenvalue weighted by molar-refractivity contribution is 6.08. The van der Waals surface area contributed by atoms with Crippen molar-refractivity contribution in [2.45, 2.75) is 19.9 Å². The molecule has 1 aromatic carbocycles. The van der Waals surface area contributed by atoms with E-state index in [1.165, 1.54) is 0 Å². The first kappa shape index (κ1) is 15.1. The standard InChI is InChI=1S/C12H8F5N3O/c1-2-3-20-5(4-18-19-20)12(21)6-7(13)9(15)11(17)10(16)8(6)14/h4H,2-3H2,1H3. The average Bonchev–Trinajstić information content (AvgIpc) is 2.92. The number of halogens is 5. The molecule has 0 N–H and O–H groups in total. The fraction of sp³-hybridized carbons (Fsp3) is 0.250. The molecule has 0 spiro atoms. The topological polar surface area (TPSA) is 47.8 Å². The van der Waals surface area contributed by atoms with Gasteiger partial charge in [-0.05, 0) is 6.42 Å². The Morgan fingerprint density at radius 3 is 2.10 bits per heavy atom. The van der Waals surface area contributed by atoms with Crippen LogP contribution in [0.1, 0.15) is 29.4 Å². The molecule has 4 nitrogen and oxygen atoms in total. The number of carbonyl (C=O) groups excluding carboxylic acids is 1. The van der Waals surface area contributed by atoms with Gasteiger partial charge >= 0.3 is 0 Å². The molecule has 0 fully saturated rings. The second kappa shape index (κ2) is 5.58. The Morgan fingerprint density at radius 1 is 1.05 bits per heavy atom. The van der Waals surface area contributed by atoms with Crippen molar-refractivity contribution in [2.75, 3.05) is 0 Å². The SMILES string of the molecule is CCCn1nncc1C(=O)c1c(F)c(F)c(F)c(F)c1F. The highest BCUT2D eigenvalue weighted by Gasteiger charge is 2.31. The van der Waals surface area contributed by atoms with Gasteiger partial charge in [-0.2, -0.15) is 0 Å². The zero-order chi connectivity index (χ0) is 15.7. The predicted molar refractivity (Wildman–Crippen MR) is 60.0 cm³/mol. The molecule has 112 valence electrons. The van der Waals surface area contributed by atoms with E-state index in [1.54, 1.807) is 6.92 Å². The van der Waals surface area contributed by atoms with Crippen LogP contribution in [-0.4, -0.2) is 20.8 Å². The number of aryl methyl sites for hydroxylation is 1. The largest absolute Gasteiger partial charge is 0.287 e. The van der Waals surface area contributed by atoms with Crippen LogP contribution in [0.4, 0.5) is 22.0 Å². The Hall–Kier alpha value is -2.32. The van der Waals surface area contributed by atoms with Gasteiger partial charge in [-0.1, -0.05) is 12.1 Å². The normalized spacial score (nSPS) is 11.0. The summed E-state index contributed by atoms with van der Waals surface area (Å²) in [6, 6.07) is 0. The van der Waals surface area contributed by atoms with E-state index in [0.29, 0.717) is 6.42 Å². The fourth-order valence-corrected chi connectivity index (χ4v) is 1.74. The van der Waals surface area contributed by atoms with Gasteiger partial charge in [0.1, 0.15) is 11.3 Å². The Balaban J connectivity index is 2.62. The summed E-state index contributed by atoms with van der Waals surface area (Å²) in [5.41, 5.74) is -1.88. The van der Waals surface area contributed by atoms with Crippen LogP contribution in [0.5, 0.6) is 0 Å². The molecular weight excluding hydrogens is 297 g/mol. The summed E-state index contributed by atoms with van der Waals surface area (Å²) in [5.74, 6) is -12.4. The zero-order valence-corrected chi connectivity index (χ0v) is 10.6. The molecule has 0 bridgehead atoms. The summed E-state index contributed by atoms with van der Waals surface area (Å²) in [6.45, 7) is 1.95. The van der Waals surface area contributed by atoms with Gasteiger partial charge < -0.3 is 0 Å². The number of hydrogen-bond acceptors (Lipinski definition) is 3. The molecule has 0 saturated carbocycles. The monoisotopic (exact) mass is 305 g/mol. The van der Waals surface area contributed by atoms with Crippen LogP contribution in [-0.2, 0) is 6.54 Å². The predicted octanol–water partition coefficient (Wildman–Crippen LogP) is 2.61. The molecule has 0 amide bonds. The van der Waals surface area contributed by atoms with E-state index in [0.717, 1.165) is 10.9 Å². The zero-order valence-electron chi connectivity index (χ0n) is 10.6. The van der Waals surface area contributed by atoms with Crippen molar-refractivity contribution in [3.05, 3.63) is 46.5 Å². The second-order valence-electron chi connectivity index (χ2n) is 4.12. The van der Waals surface area contributed by atoms with Crippen LogP contribution in [0.2, 0.25) is 0 Å². The molecule has 2 aromatic rings. The Bertz CT molecular complexity index is 684. The lowest BCUT2D eigenvalue weighted by Gasteiger charge is -2.08. The molecule has 21 heavy (non-hydrogen) atoms. The lowest BCUT2D eigenvalue weighted by Crippen LogP contribution is -2.17. The number of hydrogen-bond donors (Lipinski definition) is 0. The molecule has 0 radical (unpaired) electrons. The number of nitrogens with zero attached hydrogens (tertiary/aromatic N) is 3. The Morgan fingerprint density at radius 2 is 1.57 bits per heavy atom. The third-order valence-electron chi connectivity index (χ3n) is 2.72. The van der Waals surface area contributed by atoms with Crippen molar-refractivity contribution in [1.29, 1.82) is 0 Å². The lowest BCUT2D eigenvalue weighted by molar-refractivity contribution is 0.101. The van der Waals surface area contributed by atoms with Gasteiger partial charge in [0.05, 0.1) is 6.20 Å². The van der Waals surface area contributed by atoms with E-state index in [-0.39, 0.29) is 12.2 Å².